The monoisotopic (exact) mass is 471 g/mol. The van der Waals surface area contributed by atoms with Crippen molar-refractivity contribution in [3.05, 3.63) is 93.5 Å². The second kappa shape index (κ2) is 9.56. The summed E-state index contributed by atoms with van der Waals surface area (Å²) in [5, 5.41) is 26.1. The largest absolute Gasteiger partial charge is 0.501 e. The molecule has 35 heavy (non-hydrogen) atoms. The highest BCUT2D eigenvalue weighted by molar-refractivity contribution is 6.04. The molecule has 2 atom stereocenters. The number of benzene rings is 1. The second-order valence-corrected chi connectivity index (χ2v) is 7.93. The Morgan fingerprint density at radius 3 is 2.60 bits per heavy atom. The minimum Gasteiger partial charge on any atom is -0.501 e. The summed E-state index contributed by atoms with van der Waals surface area (Å²) in [7, 11) is 1.46. The van der Waals surface area contributed by atoms with E-state index in [4.69, 9.17) is 4.52 Å². The van der Waals surface area contributed by atoms with Crippen LogP contribution in [0.25, 0.3) is 0 Å². The van der Waals surface area contributed by atoms with Gasteiger partial charge >= 0.3 is 0 Å². The van der Waals surface area contributed by atoms with Crippen LogP contribution in [-0.2, 0) is 7.05 Å². The number of hydrogen-bond acceptors (Lipinski definition) is 9. The molecule has 11 nitrogen and oxygen atoms in total. The first-order valence-corrected chi connectivity index (χ1v) is 10.6. The number of nitrogens with zero attached hydrogens (tertiary/aromatic N) is 6. The molecule has 1 amide bonds. The number of aromatic hydroxyl groups is 1. The molecular weight excluding hydrogens is 450 g/mol. The number of aromatic nitrogens is 5. The molecule has 0 saturated heterocycles. The summed E-state index contributed by atoms with van der Waals surface area (Å²) in [6.45, 7) is 3.58. The number of nitrogens with one attached hydrogen (secondary N) is 1. The molecule has 0 unspecified atom stereocenters. The predicted octanol–water partition coefficient (Wildman–Crippen LogP) is 2.63. The van der Waals surface area contributed by atoms with Crippen molar-refractivity contribution in [1.29, 1.82) is 5.26 Å². The van der Waals surface area contributed by atoms with Crippen molar-refractivity contribution in [2.45, 2.75) is 25.7 Å². The van der Waals surface area contributed by atoms with E-state index < -0.39 is 34.7 Å². The molecule has 0 aliphatic rings. The zero-order chi connectivity index (χ0) is 25.1. The van der Waals surface area contributed by atoms with Crippen LogP contribution in [0.4, 0.5) is 5.69 Å². The van der Waals surface area contributed by atoms with E-state index in [1.54, 1.807) is 31.5 Å². The van der Waals surface area contributed by atoms with Gasteiger partial charge in [-0.2, -0.15) is 5.26 Å². The van der Waals surface area contributed by atoms with Crippen molar-refractivity contribution in [2.75, 3.05) is 5.32 Å². The molecule has 3 heterocycles. The maximum Gasteiger partial charge on any atom is 0.296 e. The van der Waals surface area contributed by atoms with Crippen molar-refractivity contribution in [3.8, 4) is 11.8 Å². The van der Waals surface area contributed by atoms with Crippen LogP contribution < -0.4 is 10.9 Å². The number of aryl methyl sites for hydroxylation is 1. The van der Waals surface area contributed by atoms with Crippen LogP contribution in [0.15, 0.2) is 58.4 Å². The number of amides is 1. The van der Waals surface area contributed by atoms with Gasteiger partial charge in [0, 0.05) is 31.3 Å². The summed E-state index contributed by atoms with van der Waals surface area (Å²) in [4.78, 5) is 38.7. The normalized spacial score (nSPS) is 12.5. The van der Waals surface area contributed by atoms with Crippen molar-refractivity contribution < 1.29 is 14.4 Å². The van der Waals surface area contributed by atoms with Crippen molar-refractivity contribution >= 4 is 11.6 Å². The molecule has 176 valence electrons. The molecule has 2 N–H and O–H groups in total. The fraction of sp³-hybridized carbons (Fsp3) is 0.208. The zero-order valence-electron chi connectivity index (χ0n) is 19.1. The van der Waals surface area contributed by atoms with Gasteiger partial charge in [-0.05, 0) is 24.1 Å². The van der Waals surface area contributed by atoms with Gasteiger partial charge in [0.15, 0.2) is 5.69 Å². The fourth-order valence-corrected chi connectivity index (χ4v) is 3.95. The lowest BCUT2D eigenvalue weighted by atomic mass is 9.80. The smallest absolute Gasteiger partial charge is 0.296 e. The minimum atomic E-state index is -0.801. The predicted molar refractivity (Wildman–Crippen MR) is 124 cm³/mol. The first-order chi connectivity index (χ1) is 16.8. The van der Waals surface area contributed by atoms with Crippen molar-refractivity contribution in [2.24, 2.45) is 7.05 Å². The molecule has 4 aromatic rings. The van der Waals surface area contributed by atoms with Gasteiger partial charge < -0.3 is 14.9 Å². The van der Waals surface area contributed by atoms with E-state index in [0.29, 0.717) is 22.5 Å². The van der Waals surface area contributed by atoms with Gasteiger partial charge in [-0.25, -0.2) is 15.0 Å². The van der Waals surface area contributed by atoms with Gasteiger partial charge in [-0.3, -0.25) is 14.2 Å². The highest BCUT2D eigenvalue weighted by Gasteiger charge is 2.31. The summed E-state index contributed by atoms with van der Waals surface area (Å²) in [5.74, 6) is -1.80. The number of nitriles is 1. The van der Waals surface area contributed by atoms with E-state index in [0.717, 1.165) is 0 Å². The van der Waals surface area contributed by atoms with Crippen LogP contribution in [-0.4, -0.2) is 35.7 Å². The quantitative estimate of drug-likeness (QED) is 0.431. The van der Waals surface area contributed by atoms with E-state index in [2.05, 4.69) is 31.5 Å². The number of carbonyl (C=O) groups excluding carboxylic acids is 1. The Morgan fingerprint density at radius 1 is 1.23 bits per heavy atom. The molecule has 1 aromatic carbocycles. The Bertz CT molecular complexity index is 1470. The summed E-state index contributed by atoms with van der Waals surface area (Å²) >= 11 is 0. The maximum absolute atomic E-state index is 12.9. The average Bonchev–Trinajstić information content (AvgIpc) is 3.37. The van der Waals surface area contributed by atoms with Crippen LogP contribution in [0, 0.1) is 18.3 Å². The maximum atomic E-state index is 12.9. The van der Waals surface area contributed by atoms with Gasteiger partial charge in [0.1, 0.15) is 23.6 Å². The standard InChI is InChI=1S/C24H21N7O4/c1-13(19(16-9-26-14(2)27-10-16)18-7-5-4-6-15(18)8-25)22-30-20(21(32)24(34)31(22)3)23(33)29-17-11-28-35-12-17/h4-7,9-13,19,32H,1-3H3,(H,29,33)/t13-,19+/m0/s1. The molecule has 0 saturated carbocycles. The number of rotatable bonds is 6. The van der Waals surface area contributed by atoms with Crippen molar-refractivity contribution in [3.63, 3.8) is 0 Å². The van der Waals surface area contributed by atoms with Crippen LogP contribution >= 0.6 is 0 Å². The molecule has 0 radical (unpaired) electrons. The molecule has 0 aliphatic heterocycles. The molecule has 0 spiro atoms. The molecule has 4 rings (SSSR count). The first kappa shape index (κ1) is 23.3. The second-order valence-electron chi connectivity index (χ2n) is 7.93. The summed E-state index contributed by atoms with van der Waals surface area (Å²) in [6.07, 6.45) is 5.79. The molecule has 0 aliphatic carbocycles. The Balaban J connectivity index is 1.86. The Labute approximate surface area is 199 Å². The third-order valence-electron chi connectivity index (χ3n) is 5.69. The van der Waals surface area contributed by atoms with E-state index in [1.165, 1.54) is 24.1 Å². The minimum absolute atomic E-state index is 0.224. The number of carbonyl (C=O) groups is 1. The lowest BCUT2D eigenvalue weighted by molar-refractivity contribution is 0.101. The highest BCUT2D eigenvalue weighted by atomic mass is 16.5. The van der Waals surface area contributed by atoms with E-state index in [1.807, 2.05) is 19.1 Å². The molecule has 11 heteroatoms. The number of anilines is 1. The third-order valence-corrected chi connectivity index (χ3v) is 5.69. The Hall–Kier alpha value is -4.85. The Kier molecular flexibility index (Phi) is 6.37. The topological polar surface area (TPSA) is 160 Å². The van der Waals surface area contributed by atoms with E-state index in [-0.39, 0.29) is 11.5 Å². The highest BCUT2D eigenvalue weighted by Crippen LogP contribution is 2.38. The van der Waals surface area contributed by atoms with E-state index in [9.17, 15) is 20.0 Å². The van der Waals surface area contributed by atoms with Gasteiger partial charge in [-0.1, -0.05) is 30.3 Å². The van der Waals surface area contributed by atoms with Crippen LogP contribution in [0.1, 0.15) is 57.6 Å². The summed E-state index contributed by atoms with van der Waals surface area (Å²) in [6, 6.07) is 9.29. The zero-order valence-corrected chi connectivity index (χ0v) is 19.1. The van der Waals surface area contributed by atoms with Gasteiger partial charge in [0.05, 0.1) is 17.8 Å². The van der Waals surface area contributed by atoms with Gasteiger partial charge in [-0.15, -0.1) is 0 Å². The number of hydrogen-bond donors (Lipinski definition) is 2. The van der Waals surface area contributed by atoms with Crippen LogP contribution in [0.3, 0.4) is 0 Å². The fourth-order valence-electron chi connectivity index (χ4n) is 3.95. The van der Waals surface area contributed by atoms with E-state index >= 15 is 0 Å². The molecule has 0 fully saturated rings. The Morgan fingerprint density at radius 2 is 1.94 bits per heavy atom. The first-order valence-electron chi connectivity index (χ1n) is 10.6. The molecule has 0 bridgehead atoms. The van der Waals surface area contributed by atoms with Gasteiger partial charge in [0.25, 0.3) is 11.5 Å². The lowest BCUT2D eigenvalue weighted by Crippen LogP contribution is -2.29. The third kappa shape index (κ3) is 4.49. The summed E-state index contributed by atoms with van der Waals surface area (Å²) in [5.41, 5.74) is 0.841. The lowest BCUT2D eigenvalue weighted by Gasteiger charge is -2.26. The average molecular weight is 471 g/mol. The SMILES string of the molecule is Cc1ncc([C@H](c2ccccc2C#N)[C@H](C)c2nc(C(=O)Nc3cnoc3)c(O)c(=O)n2C)cn1. The van der Waals surface area contributed by atoms with Crippen LogP contribution in [0.2, 0.25) is 0 Å². The van der Waals surface area contributed by atoms with Gasteiger partial charge in [0.2, 0.25) is 5.75 Å². The molecule has 3 aromatic heterocycles. The van der Waals surface area contributed by atoms with Crippen molar-refractivity contribution in [1.82, 2.24) is 24.7 Å². The van der Waals surface area contributed by atoms with Crippen LogP contribution in [0.5, 0.6) is 5.75 Å². The summed E-state index contributed by atoms with van der Waals surface area (Å²) < 4.78 is 5.88. The molecular formula is C24H21N7O4.